The van der Waals surface area contributed by atoms with Crippen molar-refractivity contribution in [3.05, 3.63) is 33.8 Å². The summed E-state index contributed by atoms with van der Waals surface area (Å²) >= 11 is 3.56. The van der Waals surface area contributed by atoms with Crippen LogP contribution in [0.4, 0.5) is 0 Å². The molecule has 2 atom stereocenters. The molecule has 0 saturated carbocycles. The number of nitrogens with two attached hydrogens (primary N) is 1. The molecule has 2 unspecified atom stereocenters. The highest BCUT2D eigenvalue weighted by Crippen LogP contribution is 2.34. The number of likely N-dealkylation sites (N-methyl/N-ethyl adjacent to an activating group) is 1. The predicted molar refractivity (Wildman–Crippen MR) is 85.5 cm³/mol. The summed E-state index contributed by atoms with van der Waals surface area (Å²) < 4.78 is 1.18. The van der Waals surface area contributed by atoms with Crippen LogP contribution < -0.4 is 5.73 Å². The third kappa shape index (κ3) is 2.88. The molecule has 0 spiro atoms. The lowest BCUT2D eigenvalue weighted by atomic mass is 9.76. The molecule has 1 aliphatic carbocycles. The van der Waals surface area contributed by atoms with Crippen LogP contribution in [0.3, 0.4) is 0 Å². The summed E-state index contributed by atoms with van der Waals surface area (Å²) in [6.45, 7) is 5.29. The monoisotopic (exact) mass is 324 g/mol. The molecule has 2 rings (SSSR count). The Kier molecular flexibility index (Phi) is 4.70. The largest absolute Gasteiger partial charge is 0.329 e. The molecule has 0 heterocycles. The van der Waals surface area contributed by atoms with Gasteiger partial charge in [-0.1, -0.05) is 28.9 Å². The average molecular weight is 325 g/mol. The Balaban J connectivity index is 2.28. The van der Waals surface area contributed by atoms with Crippen molar-refractivity contribution in [3.8, 4) is 0 Å². The molecule has 106 valence electrons. The zero-order chi connectivity index (χ0) is 14.0. The van der Waals surface area contributed by atoms with Crippen LogP contribution in [0.25, 0.3) is 0 Å². The van der Waals surface area contributed by atoms with Crippen molar-refractivity contribution in [1.29, 1.82) is 0 Å². The van der Waals surface area contributed by atoms with Crippen molar-refractivity contribution in [2.45, 2.75) is 51.1 Å². The van der Waals surface area contributed by atoms with Crippen molar-refractivity contribution < 1.29 is 0 Å². The molecule has 1 aromatic rings. The standard InChI is InChI=1S/C16H25BrN2/c1-4-12(2)19(3)16(11-18)8-7-13-9-15(17)6-5-14(13)10-16/h5-6,9,12H,4,7-8,10-11,18H2,1-3H3. The first-order valence-corrected chi connectivity index (χ1v) is 8.02. The summed E-state index contributed by atoms with van der Waals surface area (Å²) in [7, 11) is 2.24. The number of rotatable bonds is 4. The molecule has 1 aliphatic rings. The maximum Gasteiger partial charge on any atom is 0.0374 e. The summed E-state index contributed by atoms with van der Waals surface area (Å²) in [4.78, 5) is 2.51. The smallest absolute Gasteiger partial charge is 0.0374 e. The lowest BCUT2D eigenvalue weighted by Gasteiger charge is -2.47. The van der Waals surface area contributed by atoms with Gasteiger partial charge in [-0.25, -0.2) is 0 Å². The van der Waals surface area contributed by atoms with Gasteiger partial charge in [0.1, 0.15) is 0 Å². The normalized spacial score (nSPS) is 24.3. The third-order valence-corrected chi connectivity index (χ3v) is 5.42. The van der Waals surface area contributed by atoms with Gasteiger partial charge >= 0.3 is 0 Å². The molecule has 0 aromatic heterocycles. The van der Waals surface area contributed by atoms with Crippen molar-refractivity contribution in [2.75, 3.05) is 13.6 Å². The number of aryl methyl sites for hydroxylation is 1. The molecule has 0 aliphatic heterocycles. The molecule has 0 saturated heterocycles. The molecular formula is C16H25BrN2. The Morgan fingerprint density at radius 3 is 2.79 bits per heavy atom. The van der Waals surface area contributed by atoms with Gasteiger partial charge < -0.3 is 5.73 Å². The molecule has 19 heavy (non-hydrogen) atoms. The highest BCUT2D eigenvalue weighted by molar-refractivity contribution is 9.10. The quantitative estimate of drug-likeness (QED) is 0.920. The fourth-order valence-corrected chi connectivity index (χ4v) is 3.58. The number of hydrogen-bond donors (Lipinski definition) is 1. The second kappa shape index (κ2) is 5.94. The Hall–Kier alpha value is -0.380. The number of nitrogens with zero attached hydrogens (tertiary/aromatic N) is 1. The Morgan fingerprint density at radius 1 is 1.42 bits per heavy atom. The zero-order valence-electron chi connectivity index (χ0n) is 12.2. The van der Waals surface area contributed by atoms with Crippen LogP contribution in [-0.4, -0.2) is 30.1 Å². The van der Waals surface area contributed by atoms with E-state index in [1.54, 1.807) is 0 Å². The summed E-state index contributed by atoms with van der Waals surface area (Å²) in [5.74, 6) is 0. The molecule has 0 amide bonds. The molecule has 3 heteroatoms. The first-order valence-electron chi connectivity index (χ1n) is 7.22. The molecular weight excluding hydrogens is 300 g/mol. The van der Waals surface area contributed by atoms with Gasteiger partial charge in [0.05, 0.1) is 0 Å². The van der Waals surface area contributed by atoms with Crippen LogP contribution in [0, 0.1) is 0 Å². The molecule has 1 aromatic carbocycles. The van der Waals surface area contributed by atoms with Gasteiger partial charge in [-0.05, 0) is 62.9 Å². The van der Waals surface area contributed by atoms with Gasteiger partial charge in [0.2, 0.25) is 0 Å². The average Bonchev–Trinajstić information content (AvgIpc) is 2.45. The first-order chi connectivity index (χ1) is 9.02. The summed E-state index contributed by atoms with van der Waals surface area (Å²) in [6.07, 6.45) is 4.54. The SMILES string of the molecule is CCC(C)N(C)C1(CN)CCc2cc(Br)ccc2C1. The molecule has 2 N–H and O–H groups in total. The van der Waals surface area contributed by atoms with E-state index in [1.165, 1.54) is 22.0 Å². The molecule has 0 bridgehead atoms. The second-order valence-corrected chi connectivity index (χ2v) is 6.80. The van der Waals surface area contributed by atoms with Crippen LogP contribution in [0.15, 0.2) is 22.7 Å². The van der Waals surface area contributed by atoms with Gasteiger partial charge in [-0.2, -0.15) is 0 Å². The lowest BCUT2D eigenvalue weighted by molar-refractivity contribution is 0.0690. The van der Waals surface area contributed by atoms with Crippen molar-refractivity contribution in [3.63, 3.8) is 0 Å². The van der Waals surface area contributed by atoms with E-state index in [0.717, 1.165) is 25.8 Å². The number of hydrogen-bond acceptors (Lipinski definition) is 2. The zero-order valence-corrected chi connectivity index (χ0v) is 13.8. The predicted octanol–water partition coefficient (Wildman–Crippen LogP) is 3.37. The van der Waals surface area contributed by atoms with Gasteiger partial charge in [0.25, 0.3) is 0 Å². The molecule has 0 fully saturated rings. The van der Waals surface area contributed by atoms with Crippen LogP contribution in [0.2, 0.25) is 0 Å². The highest BCUT2D eigenvalue weighted by atomic mass is 79.9. The highest BCUT2D eigenvalue weighted by Gasteiger charge is 2.38. The summed E-state index contributed by atoms with van der Waals surface area (Å²) in [5.41, 5.74) is 9.25. The topological polar surface area (TPSA) is 29.3 Å². The van der Waals surface area contributed by atoms with Crippen molar-refractivity contribution >= 4 is 15.9 Å². The van der Waals surface area contributed by atoms with E-state index in [-0.39, 0.29) is 5.54 Å². The van der Waals surface area contributed by atoms with E-state index < -0.39 is 0 Å². The van der Waals surface area contributed by atoms with Crippen LogP contribution in [0.5, 0.6) is 0 Å². The first kappa shape index (κ1) is 15.0. The number of benzene rings is 1. The van der Waals surface area contributed by atoms with E-state index in [4.69, 9.17) is 5.73 Å². The molecule has 0 radical (unpaired) electrons. The summed E-state index contributed by atoms with van der Waals surface area (Å²) in [6, 6.07) is 7.25. The van der Waals surface area contributed by atoms with E-state index in [2.05, 4.69) is 59.9 Å². The number of fused-ring (bicyclic) bond motifs is 1. The van der Waals surface area contributed by atoms with E-state index in [0.29, 0.717) is 6.04 Å². The van der Waals surface area contributed by atoms with Crippen LogP contribution in [-0.2, 0) is 12.8 Å². The second-order valence-electron chi connectivity index (χ2n) is 5.89. The van der Waals surface area contributed by atoms with E-state index in [9.17, 15) is 0 Å². The minimum Gasteiger partial charge on any atom is -0.329 e. The van der Waals surface area contributed by atoms with Crippen molar-refractivity contribution in [1.82, 2.24) is 4.90 Å². The maximum absolute atomic E-state index is 6.17. The van der Waals surface area contributed by atoms with Gasteiger partial charge in [-0.3, -0.25) is 4.90 Å². The van der Waals surface area contributed by atoms with E-state index >= 15 is 0 Å². The van der Waals surface area contributed by atoms with Gasteiger partial charge in [-0.15, -0.1) is 0 Å². The van der Waals surface area contributed by atoms with E-state index in [1.807, 2.05) is 0 Å². The minimum atomic E-state index is 0.135. The third-order valence-electron chi connectivity index (χ3n) is 4.93. The Labute approximate surface area is 125 Å². The Morgan fingerprint density at radius 2 is 2.16 bits per heavy atom. The van der Waals surface area contributed by atoms with Gasteiger partial charge in [0.15, 0.2) is 0 Å². The van der Waals surface area contributed by atoms with Crippen LogP contribution >= 0.6 is 15.9 Å². The van der Waals surface area contributed by atoms with Gasteiger partial charge in [0, 0.05) is 22.6 Å². The van der Waals surface area contributed by atoms with Crippen molar-refractivity contribution in [2.24, 2.45) is 5.73 Å². The fourth-order valence-electron chi connectivity index (χ4n) is 3.17. The maximum atomic E-state index is 6.17. The fraction of sp³-hybridized carbons (Fsp3) is 0.625. The van der Waals surface area contributed by atoms with Crippen LogP contribution in [0.1, 0.15) is 37.8 Å². The Bertz CT molecular complexity index is 446. The lowest BCUT2D eigenvalue weighted by Crippen LogP contribution is -2.58. The summed E-state index contributed by atoms with van der Waals surface area (Å²) in [5, 5.41) is 0. The molecule has 2 nitrogen and oxygen atoms in total. The number of halogens is 1. The minimum absolute atomic E-state index is 0.135.